The molecule has 13 heavy (non-hydrogen) atoms. The highest BCUT2D eigenvalue weighted by molar-refractivity contribution is 5.65. The van der Waals surface area contributed by atoms with Gasteiger partial charge in [-0.1, -0.05) is 5.11 Å². The van der Waals surface area contributed by atoms with E-state index < -0.39 is 5.82 Å². The largest absolute Gasteiger partial charge is 0.385 e. The van der Waals surface area contributed by atoms with E-state index >= 15 is 0 Å². The molecule has 0 atom stereocenters. The van der Waals surface area contributed by atoms with Crippen molar-refractivity contribution in [3.63, 3.8) is 0 Å². The van der Waals surface area contributed by atoms with Gasteiger partial charge in [0.25, 0.3) is 0 Å². The molecule has 4 nitrogen and oxygen atoms in total. The summed E-state index contributed by atoms with van der Waals surface area (Å²) in [7, 11) is 0. The van der Waals surface area contributed by atoms with E-state index in [1.807, 2.05) is 6.92 Å². The molecule has 0 heterocycles. The van der Waals surface area contributed by atoms with Crippen molar-refractivity contribution < 1.29 is 4.39 Å². The second-order valence-electron chi connectivity index (χ2n) is 2.38. The Balaban J connectivity index is 3.10. The summed E-state index contributed by atoms with van der Waals surface area (Å²) in [4.78, 5) is 2.61. The van der Waals surface area contributed by atoms with Gasteiger partial charge in [-0.05, 0) is 30.7 Å². The quantitative estimate of drug-likeness (QED) is 0.433. The third-order valence-electron chi connectivity index (χ3n) is 1.48. The zero-order valence-corrected chi connectivity index (χ0v) is 7.16. The lowest BCUT2D eigenvalue weighted by Gasteiger charge is -2.05. The molecule has 0 aliphatic heterocycles. The molecule has 0 spiro atoms. The van der Waals surface area contributed by atoms with Crippen LogP contribution in [0.3, 0.4) is 0 Å². The van der Waals surface area contributed by atoms with Gasteiger partial charge in [0.1, 0.15) is 5.82 Å². The molecule has 0 aliphatic carbocycles. The van der Waals surface area contributed by atoms with E-state index in [2.05, 4.69) is 15.3 Å². The first-order valence-corrected chi connectivity index (χ1v) is 3.86. The molecular weight excluding hydrogens is 171 g/mol. The van der Waals surface area contributed by atoms with Gasteiger partial charge in [-0.2, -0.15) is 0 Å². The van der Waals surface area contributed by atoms with Crippen LogP contribution in [0.1, 0.15) is 6.92 Å². The molecule has 0 aromatic heterocycles. The lowest BCUT2D eigenvalue weighted by atomic mass is 10.2. The van der Waals surface area contributed by atoms with Gasteiger partial charge in [0.2, 0.25) is 0 Å². The number of azide groups is 1. The van der Waals surface area contributed by atoms with Crippen molar-refractivity contribution in [1.29, 1.82) is 0 Å². The summed E-state index contributed by atoms with van der Waals surface area (Å²) in [6.07, 6.45) is 0. The highest BCUT2D eigenvalue weighted by Gasteiger charge is 2.00. The summed E-state index contributed by atoms with van der Waals surface area (Å²) in [6.45, 7) is 2.60. The number of nitrogens with one attached hydrogen (secondary N) is 1. The van der Waals surface area contributed by atoms with Crippen LogP contribution in [0.2, 0.25) is 0 Å². The van der Waals surface area contributed by atoms with Crippen molar-refractivity contribution in [1.82, 2.24) is 0 Å². The van der Waals surface area contributed by atoms with E-state index in [4.69, 9.17) is 5.53 Å². The molecule has 0 saturated carbocycles. The second kappa shape index (κ2) is 4.33. The van der Waals surface area contributed by atoms with E-state index in [-0.39, 0.29) is 5.69 Å². The molecule has 5 heteroatoms. The Bertz CT molecular complexity index is 344. The van der Waals surface area contributed by atoms with Gasteiger partial charge in [-0.3, -0.25) is 0 Å². The Morgan fingerprint density at radius 3 is 3.00 bits per heavy atom. The van der Waals surface area contributed by atoms with Crippen LogP contribution in [-0.2, 0) is 0 Å². The average Bonchev–Trinajstić information content (AvgIpc) is 2.10. The smallest absolute Gasteiger partial charge is 0.123 e. The molecule has 1 aromatic carbocycles. The van der Waals surface area contributed by atoms with Crippen LogP contribution in [0.15, 0.2) is 23.3 Å². The van der Waals surface area contributed by atoms with Crippen molar-refractivity contribution in [3.8, 4) is 0 Å². The van der Waals surface area contributed by atoms with Crippen molar-refractivity contribution in [2.24, 2.45) is 5.11 Å². The predicted octanol–water partition coefficient (Wildman–Crippen LogP) is 3.20. The van der Waals surface area contributed by atoms with E-state index in [0.717, 1.165) is 0 Å². The Kier molecular flexibility index (Phi) is 3.11. The minimum Gasteiger partial charge on any atom is -0.385 e. The SMILES string of the molecule is CCNc1ccc(F)cc1N=[N+]=[N-]. The Labute approximate surface area is 75.0 Å². The van der Waals surface area contributed by atoms with Gasteiger partial charge in [0, 0.05) is 17.1 Å². The monoisotopic (exact) mass is 180 g/mol. The van der Waals surface area contributed by atoms with E-state index in [0.29, 0.717) is 12.2 Å². The zero-order chi connectivity index (χ0) is 9.68. The minimum atomic E-state index is -0.413. The number of benzene rings is 1. The highest BCUT2D eigenvalue weighted by Crippen LogP contribution is 2.25. The number of hydrogen-bond acceptors (Lipinski definition) is 2. The first-order valence-electron chi connectivity index (χ1n) is 3.86. The topological polar surface area (TPSA) is 60.8 Å². The number of halogens is 1. The molecule has 0 bridgehead atoms. The third-order valence-corrected chi connectivity index (χ3v) is 1.48. The Morgan fingerprint density at radius 1 is 1.62 bits per heavy atom. The van der Waals surface area contributed by atoms with E-state index in [1.165, 1.54) is 12.1 Å². The normalized spacial score (nSPS) is 9.08. The van der Waals surface area contributed by atoms with Crippen LogP contribution < -0.4 is 5.32 Å². The van der Waals surface area contributed by atoms with Gasteiger partial charge in [-0.15, -0.1) is 0 Å². The van der Waals surface area contributed by atoms with Crippen molar-refractivity contribution in [3.05, 3.63) is 34.5 Å². The van der Waals surface area contributed by atoms with Gasteiger partial charge >= 0.3 is 0 Å². The molecule has 0 fully saturated rings. The Hall–Kier alpha value is -1.74. The molecule has 0 amide bonds. The van der Waals surface area contributed by atoms with Crippen LogP contribution in [0.25, 0.3) is 10.4 Å². The van der Waals surface area contributed by atoms with Crippen molar-refractivity contribution >= 4 is 11.4 Å². The third kappa shape index (κ3) is 2.35. The van der Waals surface area contributed by atoms with E-state index in [9.17, 15) is 4.39 Å². The van der Waals surface area contributed by atoms with Crippen LogP contribution in [0, 0.1) is 5.82 Å². The average molecular weight is 180 g/mol. The fourth-order valence-electron chi connectivity index (χ4n) is 0.976. The molecule has 1 aromatic rings. The lowest BCUT2D eigenvalue weighted by molar-refractivity contribution is 0.628. The van der Waals surface area contributed by atoms with Gasteiger partial charge in [0.05, 0.1) is 5.69 Å². The molecule has 1 N–H and O–H groups in total. The molecule has 0 aliphatic rings. The summed E-state index contributed by atoms with van der Waals surface area (Å²) < 4.78 is 12.7. The summed E-state index contributed by atoms with van der Waals surface area (Å²) in [5.41, 5.74) is 9.13. The Morgan fingerprint density at radius 2 is 2.38 bits per heavy atom. The van der Waals surface area contributed by atoms with Gasteiger partial charge < -0.3 is 5.32 Å². The van der Waals surface area contributed by atoms with Crippen molar-refractivity contribution in [2.75, 3.05) is 11.9 Å². The fraction of sp³-hybridized carbons (Fsp3) is 0.250. The zero-order valence-electron chi connectivity index (χ0n) is 7.16. The maximum absolute atomic E-state index is 12.7. The molecule has 0 saturated heterocycles. The molecule has 0 unspecified atom stereocenters. The number of nitrogens with zero attached hydrogens (tertiary/aromatic N) is 3. The molecular formula is C8H9FN4. The molecule has 1 rings (SSSR count). The molecule has 0 radical (unpaired) electrons. The summed E-state index contributed by atoms with van der Waals surface area (Å²) in [6, 6.07) is 4.05. The maximum atomic E-state index is 12.7. The van der Waals surface area contributed by atoms with E-state index in [1.54, 1.807) is 6.07 Å². The number of rotatable bonds is 3. The van der Waals surface area contributed by atoms with Gasteiger partial charge in [-0.25, -0.2) is 4.39 Å². The van der Waals surface area contributed by atoms with Crippen LogP contribution in [0.4, 0.5) is 15.8 Å². The second-order valence-corrected chi connectivity index (χ2v) is 2.38. The standard InChI is InChI=1S/C8H9FN4/c1-2-11-7-4-3-6(9)5-8(7)12-13-10/h3-5,11H,2H2,1H3. The molecule has 68 valence electrons. The van der Waals surface area contributed by atoms with Gasteiger partial charge in [0.15, 0.2) is 0 Å². The first-order chi connectivity index (χ1) is 6.27. The number of anilines is 1. The van der Waals surface area contributed by atoms with Crippen LogP contribution >= 0.6 is 0 Å². The predicted molar refractivity (Wildman–Crippen MR) is 49.4 cm³/mol. The maximum Gasteiger partial charge on any atom is 0.123 e. The number of hydrogen-bond donors (Lipinski definition) is 1. The van der Waals surface area contributed by atoms with Crippen LogP contribution in [-0.4, -0.2) is 6.54 Å². The minimum absolute atomic E-state index is 0.282. The van der Waals surface area contributed by atoms with Crippen molar-refractivity contribution in [2.45, 2.75) is 6.92 Å². The summed E-state index contributed by atoms with van der Waals surface area (Å²) >= 11 is 0. The first kappa shape index (κ1) is 9.35. The highest BCUT2D eigenvalue weighted by atomic mass is 19.1. The summed E-state index contributed by atoms with van der Waals surface area (Å²) in [5, 5.41) is 6.32. The summed E-state index contributed by atoms with van der Waals surface area (Å²) in [5.74, 6) is -0.413. The van der Waals surface area contributed by atoms with Crippen LogP contribution in [0.5, 0.6) is 0 Å². The lowest BCUT2D eigenvalue weighted by Crippen LogP contribution is -1.96. The fourth-order valence-corrected chi connectivity index (χ4v) is 0.976.